The first-order valence-corrected chi connectivity index (χ1v) is 16.9. The van der Waals surface area contributed by atoms with Crippen LogP contribution >= 0.6 is 0 Å². The van der Waals surface area contributed by atoms with E-state index in [1.807, 2.05) is 127 Å². The number of alkyl halides is 2. The second-order valence-corrected chi connectivity index (χ2v) is 12.7. The Labute approximate surface area is 294 Å². The molecule has 0 amide bonds. The SMILES string of the molecule is FC1(F)c2ccc(C3=NC(c4ccccc4)=NC(c4ccccc4)N3)cc2-c2cc(-c3cc(-c4ccccc4)cc(-c4ccccc4)n3)ccc21. The minimum atomic E-state index is -3.15. The highest BCUT2D eigenvalue weighted by atomic mass is 19.3. The molecule has 0 saturated heterocycles. The molecular formula is C45H30F2N4. The molecular weight excluding hydrogens is 635 g/mol. The largest absolute Gasteiger partial charge is 0.344 e. The molecule has 1 atom stereocenters. The summed E-state index contributed by atoms with van der Waals surface area (Å²) in [6, 6.07) is 54.2. The summed E-state index contributed by atoms with van der Waals surface area (Å²) in [4.78, 5) is 14.9. The maximum Gasteiger partial charge on any atom is 0.299 e. The molecule has 1 N–H and O–H groups in total. The van der Waals surface area contributed by atoms with Gasteiger partial charge in [0.05, 0.1) is 11.4 Å². The maximum absolute atomic E-state index is 16.1. The Balaban J connectivity index is 1.16. The molecule has 51 heavy (non-hydrogen) atoms. The summed E-state index contributed by atoms with van der Waals surface area (Å²) in [5, 5.41) is 3.47. The molecule has 0 saturated carbocycles. The lowest BCUT2D eigenvalue weighted by Crippen LogP contribution is -2.33. The van der Waals surface area contributed by atoms with Crippen LogP contribution in [-0.4, -0.2) is 16.7 Å². The van der Waals surface area contributed by atoms with E-state index < -0.39 is 12.1 Å². The van der Waals surface area contributed by atoms with Crippen molar-refractivity contribution in [3.8, 4) is 44.8 Å². The monoisotopic (exact) mass is 664 g/mol. The van der Waals surface area contributed by atoms with Crippen molar-refractivity contribution in [2.45, 2.75) is 12.1 Å². The number of amidine groups is 2. The van der Waals surface area contributed by atoms with Gasteiger partial charge in [0, 0.05) is 33.4 Å². The third kappa shape index (κ3) is 5.61. The molecule has 1 aliphatic carbocycles. The van der Waals surface area contributed by atoms with Crippen LogP contribution in [0.3, 0.4) is 0 Å². The number of nitrogens with one attached hydrogen (secondary N) is 1. The van der Waals surface area contributed by atoms with Gasteiger partial charge in [-0.25, -0.2) is 15.0 Å². The molecule has 1 aromatic heterocycles. The number of nitrogens with zero attached hydrogens (tertiary/aromatic N) is 3. The predicted molar refractivity (Wildman–Crippen MR) is 201 cm³/mol. The summed E-state index contributed by atoms with van der Waals surface area (Å²) in [5.74, 6) is -2.01. The molecule has 6 aromatic carbocycles. The van der Waals surface area contributed by atoms with Crippen LogP contribution in [0.15, 0.2) is 180 Å². The van der Waals surface area contributed by atoms with Gasteiger partial charge >= 0.3 is 0 Å². The number of pyridine rings is 1. The molecule has 0 bridgehead atoms. The van der Waals surface area contributed by atoms with Crippen molar-refractivity contribution < 1.29 is 8.78 Å². The molecule has 0 radical (unpaired) electrons. The summed E-state index contributed by atoms with van der Waals surface area (Å²) in [7, 11) is 0. The van der Waals surface area contributed by atoms with E-state index in [-0.39, 0.29) is 11.1 Å². The first-order chi connectivity index (χ1) is 25.0. The van der Waals surface area contributed by atoms with Crippen LogP contribution in [0.4, 0.5) is 8.78 Å². The number of aliphatic imine (C=N–C) groups is 2. The molecule has 1 aliphatic heterocycles. The van der Waals surface area contributed by atoms with Gasteiger partial charge in [-0.2, -0.15) is 8.78 Å². The van der Waals surface area contributed by atoms with Crippen LogP contribution in [0, 0.1) is 0 Å². The van der Waals surface area contributed by atoms with Crippen LogP contribution < -0.4 is 5.32 Å². The Morgan fingerprint density at radius 2 is 0.980 bits per heavy atom. The molecule has 7 aromatic rings. The van der Waals surface area contributed by atoms with Crippen LogP contribution in [0.2, 0.25) is 0 Å². The van der Waals surface area contributed by atoms with E-state index in [1.165, 1.54) is 6.07 Å². The first kappa shape index (κ1) is 30.5. The number of fused-ring (bicyclic) bond motifs is 3. The van der Waals surface area contributed by atoms with Gasteiger partial charge in [0.2, 0.25) is 0 Å². The Bertz CT molecular complexity index is 2400. The normalized spacial score (nSPS) is 15.6. The van der Waals surface area contributed by atoms with E-state index in [4.69, 9.17) is 15.0 Å². The highest BCUT2D eigenvalue weighted by Gasteiger charge is 2.44. The van der Waals surface area contributed by atoms with Gasteiger partial charge in [0.1, 0.15) is 12.0 Å². The Morgan fingerprint density at radius 1 is 0.471 bits per heavy atom. The standard InChI is InChI=1S/C45H30F2N4/c46-45(47)38-23-21-33(41-28-35(29-13-5-1-6-14-29)27-40(48-41)30-15-7-2-8-16-30)25-36(38)37-26-34(22-24-39(37)45)44-50-42(31-17-9-3-10-18-31)49-43(51-44)32-19-11-4-12-20-32/h1-28,42H,(H,49,50,51). The molecule has 6 heteroatoms. The molecule has 2 aliphatic rings. The Hall–Kier alpha value is -6.53. The van der Waals surface area contributed by atoms with Crippen molar-refractivity contribution in [3.63, 3.8) is 0 Å². The second-order valence-electron chi connectivity index (χ2n) is 12.7. The molecule has 1 unspecified atom stereocenters. The zero-order valence-electron chi connectivity index (χ0n) is 27.3. The van der Waals surface area contributed by atoms with E-state index in [1.54, 1.807) is 18.2 Å². The molecule has 9 rings (SSSR count). The minimum absolute atomic E-state index is 0.0202. The van der Waals surface area contributed by atoms with Crippen LogP contribution in [0.5, 0.6) is 0 Å². The topological polar surface area (TPSA) is 49.6 Å². The number of hydrogen-bond acceptors (Lipinski definition) is 4. The fourth-order valence-electron chi connectivity index (χ4n) is 6.88. The Kier molecular flexibility index (Phi) is 7.43. The van der Waals surface area contributed by atoms with Gasteiger partial charge in [0.15, 0.2) is 5.84 Å². The third-order valence-electron chi connectivity index (χ3n) is 9.47. The lowest BCUT2D eigenvalue weighted by atomic mass is 9.97. The predicted octanol–water partition coefficient (Wildman–Crippen LogP) is 10.7. The van der Waals surface area contributed by atoms with E-state index in [0.29, 0.717) is 34.1 Å². The summed E-state index contributed by atoms with van der Waals surface area (Å²) in [5.41, 5.74) is 8.76. The Morgan fingerprint density at radius 3 is 1.61 bits per heavy atom. The molecule has 2 heterocycles. The lowest BCUT2D eigenvalue weighted by Gasteiger charge is -2.24. The van der Waals surface area contributed by atoms with E-state index >= 15 is 8.78 Å². The zero-order chi connectivity index (χ0) is 34.4. The van der Waals surface area contributed by atoms with Crippen LogP contribution in [0.1, 0.15) is 34.0 Å². The molecule has 0 spiro atoms. The highest BCUT2D eigenvalue weighted by molar-refractivity contribution is 6.13. The number of hydrogen-bond donors (Lipinski definition) is 1. The second kappa shape index (κ2) is 12.4. The van der Waals surface area contributed by atoms with E-state index in [2.05, 4.69) is 23.5 Å². The molecule has 0 fully saturated rings. The van der Waals surface area contributed by atoms with E-state index in [0.717, 1.165) is 39.1 Å². The maximum atomic E-state index is 16.1. The summed E-state index contributed by atoms with van der Waals surface area (Å²) in [6.07, 6.45) is -0.399. The number of benzene rings is 6. The molecule has 244 valence electrons. The van der Waals surface area contributed by atoms with Crippen LogP contribution in [0.25, 0.3) is 44.8 Å². The summed E-state index contributed by atoms with van der Waals surface area (Å²) < 4.78 is 32.2. The summed E-state index contributed by atoms with van der Waals surface area (Å²) in [6.45, 7) is 0. The van der Waals surface area contributed by atoms with Gasteiger partial charge in [-0.15, -0.1) is 0 Å². The highest BCUT2D eigenvalue weighted by Crippen LogP contribution is 2.52. The van der Waals surface area contributed by atoms with Crippen molar-refractivity contribution in [2.24, 2.45) is 9.98 Å². The average molecular weight is 665 g/mol. The van der Waals surface area contributed by atoms with Crippen molar-refractivity contribution in [2.75, 3.05) is 0 Å². The zero-order valence-corrected chi connectivity index (χ0v) is 27.3. The van der Waals surface area contributed by atoms with Crippen molar-refractivity contribution >= 4 is 11.7 Å². The third-order valence-corrected chi connectivity index (χ3v) is 9.47. The number of aromatic nitrogens is 1. The van der Waals surface area contributed by atoms with Crippen molar-refractivity contribution in [1.29, 1.82) is 0 Å². The average Bonchev–Trinajstić information content (AvgIpc) is 3.43. The fraction of sp³-hybridized carbons (Fsp3) is 0.0444. The van der Waals surface area contributed by atoms with Gasteiger partial charge in [-0.3, -0.25) is 0 Å². The van der Waals surface area contributed by atoms with E-state index in [9.17, 15) is 0 Å². The van der Waals surface area contributed by atoms with Crippen LogP contribution in [-0.2, 0) is 5.92 Å². The smallest absolute Gasteiger partial charge is 0.299 e. The molecule has 4 nitrogen and oxygen atoms in total. The number of rotatable bonds is 6. The van der Waals surface area contributed by atoms with Gasteiger partial charge < -0.3 is 5.32 Å². The van der Waals surface area contributed by atoms with Gasteiger partial charge in [-0.05, 0) is 52.1 Å². The van der Waals surface area contributed by atoms with Gasteiger partial charge in [0.25, 0.3) is 5.92 Å². The van der Waals surface area contributed by atoms with Crippen molar-refractivity contribution in [3.05, 3.63) is 198 Å². The quantitative estimate of drug-likeness (QED) is 0.192. The first-order valence-electron chi connectivity index (χ1n) is 16.9. The van der Waals surface area contributed by atoms with Crippen molar-refractivity contribution in [1.82, 2.24) is 10.3 Å². The lowest BCUT2D eigenvalue weighted by molar-refractivity contribution is 0.0480. The number of halogens is 2. The fourth-order valence-corrected chi connectivity index (χ4v) is 6.88. The minimum Gasteiger partial charge on any atom is -0.344 e. The summed E-state index contributed by atoms with van der Waals surface area (Å²) >= 11 is 0. The van der Waals surface area contributed by atoms with Gasteiger partial charge in [-0.1, -0.05) is 146 Å².